The maximum absolute atomic E-state index is 12.7. The Hall–Kier alpha value is -1.21. The second-order valence-electron chi connectivity index (χ2n) is 2.84. The number of carbonyl (C=O) groups excluding carboxylic acids is 1. The SMILES string of the molecule is CC(=O)C(C#N)c1ccc(F)cc1Br. The summed E-state index contributed by atoms with van der Waals surface area (Å²) in [5, 5.41) is 8.76. The summed E-state index contributed by atoms with van der Waals surface area (Å²) in [4.78, 5) is 11.1. The fraction of sp³-hybridized carbons (Fsp3) is 0.200. The molecule has 0 spiro atoms. The maximum Gasteiger partial charge on any atom is 0.151 e. The molecule has 1 unspecified atom stereocenters. The van der Waals surface area contributed by atoms with Crippen LogP contribution in [0.5, 0.6) is 0 Å². The van der Waals surface area contributed by atoms with Crippen LogP contribution in [0.1, 0.15) is 18.4 Å². The van der Waals surface area contributed by atoms with Gasteiger partial charge < -0.3 is 0 Å². The quantitative estimate of drug-likeness (QED) is 0.816. The Kier molecular flexibility index (Phi) is 3.37. The molecule has 1 aromatic rings. The van der Waals surface area contributed by atoms with Gasteiger partial charge in [-0.1, -0.05) is 22.0 Å². The summed E-state index contributed by atoms with van der Waals surface area (Å²) < 4.78 is 13.2. The van der Waals surface area contributed by atoms with Gasteiger partial charge in [-0.3, -0.25) is 4.79 Å². The van der Waals surface area contributed by atoms with Crippen LogP contribution in [0, 0.1) is 17.1 Å². The summed E-state index contributed by atoms with van der Waals surface area (Å²) in [6, 6.07) is 5.78. The van der Waals surface area contributed by atoms with Crippen molar-refractivity contribution in [1.82, 2.24) is 0 Å². The van der Waals surface area contributed by atoms with Crippen LogP contribution in [0.3, 0.4) is 0 Å². The van der Waals surface area contributed by atoms with E-state index in [-0.39, 0.29) is 5.78 Å². The first-order valence-corrected chi connectivity index (χ1v) is 4.70. The van der Waals surface area contributed by atoms with Crippen LogP contribution in [-0.4, -0.2) is 5.78 Å². The van der Waals surface area contributed by atoms with E-state index in [0.29, 0.717) is 10.0 Å². The second kappa shape index (κ2) is 4.34. The Morgan fingerprint density at radius 1 is 1.64 bits per heavy atom. The standard InChI is InChI=1S/C10H7BrFNO/c1-6(14)9(5-13)8-3-2-7(12)4-10(8)11/h2-4,9H,1H3. The van der Waals surface area contributed by atoms with Crippen LogP contribution < -0.4 is 0 Å². The third-order valence-electron chi connectivity index (χ3n) is 1.81. The lowest BCUT2D eigenvalue weighted by Gasteiger charge is -2.07. The van der Waals surface area contributed by atoms with Crippen LogP contribution in [-0.2, 0) is 4.79 Å². The van der Waals surface area contributed by atoms with E-state index >= 15 is 0 Å². The van der Waals surface area contributed by atoms with Gasteiger partial charge in [-0.2, -0.15) is 5.26 Å². The van der Waals surface area contributed by atoms with E-state index < -0.39 is 11.7 Å². The molecule has 0 fully saturated rings. The molecule has 0 aromatic heterocycles. The van der Waals surface area contributed by atoms with Crippen molar-refractivity contribution >= 4 is 21.7 Å². The topological polar surface area (TPSA) is 40.9 Å². The maximum atomic E-state index is 12.7. The zero-order chi connectivity index (χ0) is 10.7. The molecular formula is C10H7BrFNO. The van der Waals surface area contributed by atoms with Gasteiger partial charge in [0.2, 0.25) is 0 Å². The van der Waals surface area contributed by atoms with Crippen molar-refractivity contribution in [3.05, 3.63) is 34.1 Å². The van der Waals surface area contributed by atoms with Crippen molar-refractivity contribution in [2.45, 2.75) is 12.8 Å². The molecule has 0 N–H and O–H groups in total. The van der Waals surface area contributed by atoms with Crippen LogP contribution >= 0.6 is 15.9 Å². The van der Waals surface area contributed by atoms with Gasteiger partial charge in [0.05, 0.1) is 6.07 Å². The van der Waals surface area contributed by atoms with Gasteiger partial charge in [0, 0.05) is 4.47 Å². The van der Waals surface area contributed by atoms with Crippen molar-refractivity contribution in [2.24, 2.45) is 0 Å². The Morgan fingerprint density at radius 2 is 2.29 bits per heavy atom. The average Bonchev–Trinajstić information content (AvgIpc) is 2.09. The van der Waals surface area contributed by atoms with Crippen molar-refractivity contribution < 1.29 is 9.18 Å². The van der Waals surface area contributed by atoms with E-state index in [2.05, 4.69) is 15.9 Å². The minimum absolute atomic E-state index is 0.250. The largest absolute Gasteiger partial charge is 0.298 e. The van der Waals surface area contributed by atoms with Crippen molar-refractivity contribution in [1.29, 1.82) is 5.26 Å². The molecule has 0 aliphatic rings. The molecule has 0 saturated carbocycles. The van der Waals surface area contributed by atoms with Gasteiger partial charge in [-0.05, 0) is 24.6 Å². The molecule has 0 aliphatic carbocycles. The normalized spacial score (nSPS) is 11.9. The van der Waals surface area contributed by atoms with Gasteiger partial charge in [0.1, 0.15) is 11.7 Å². The number of ketones is 1. The van der Waals surface area contributed by atoms with E-state index in [1.54, 1.807) is 0 Å². The lowest BCUT2D eigenvalue weighted by Crippen LogP contribution is -2.07. The first kappa shape index (κ1) is 10.9. The molecule has 0 heterocycles. The van der Waals surface area contributed by atoms with E-state index in [4.69, 9.17) is 5.26 Å². The predicted octanol–water partition coefficient (Wildman–Crippen LogP) is 2.78. The van der Waals surface area contributed by atoms with E-state index in [0.717, 1.165) is 0 Å². The van der Waals surface area contributed by atoms with Crippen LogP contribution in [0.2, 0.25) is 0 Å². The summed E-state index contributed by atoms with van der Waals surface area (Å²) in [6.45, 7) is 1.34. The summed E-state index contributed by atoms with van der Waals surface area (Å²) in [7, 11) is 0. The molecular weight excluding hydrogens is 249 g/mol. The molecule has 0 bridgehead atoms. The Balaban J connectivity index is 3.19. The zero-order valence-electron chi connectivity index (χ0n) is 7.42. The number of nitrogens with zero attached hydrogens (tertiary/aromatic N) is 1. The number of carbonyl (C=O) groups is 1. The first-order valence-electron chi connectivity index (χ1n) is 3.91. The smallest absolute Gasteiger partial charge is 0.151 e. The van der Waals surface area contributed by atoms with E-state index in [9.17, 15) is 9.18 Å². The third-order valence-corrected chi connectivity index (χ3v) is 2.50. The fourth-order valence-corrected chi connectivity index (χ4v) is 1.69. The molecule has 2 nitrogen and oxygen atoms in total. The first-order chi connectivity index (χ1) is 6.56. The zero-order valence-corrected chi connectivity index (χ0v) is 9.01. The van der Waals surface area contributed by atoms with Crippen LogP contribution in [0.4, 0.5) is 4.39 Å². The highest BCUT2D eigenvalue weighted by molar-refractivity contribution is 9.10. The van der Waals surface area contributed by atoms with E-state index in [1.165, 1.54) is 25.1 Å². The van der Waals surface area contributed by atoms with Gasteiger partial charge in [-0.25, -0.2) is 4.39 Å². The average molecular weight is 256 g/mol. The minimum Gasteiger partial charge on any atom is -0.298 e. The number of benzene rings is 1. The molecule has 0 saturated heterocycles. The molecule has 4 heteroatoms. The van der Waals surface area contributed by atoms with Crippen molar-refractivity contribution in [3.8, 4) is 6.07 Å². The Morgan fingerprint density at radius 3 is 2.71 bits per heavy atom. The molecule has 72 valence electrons. The Bertz CT molecular complexity index is 411. The summed E-state index contributed by atoms with van der Waals surface area (Å²) in [5.41, 5.74) is 0.501. The van der Waals surface area contributed by atoms with Gasteiger partial charge in [-0.15, -0.1) is 0 Å². The summed E-state index contributed by atoms with van der Waals surface area (Å²) >= 11 is 3.11. The van der Waals surface area contributed by atoms with Crippen LogP contribution in [0.15, 0.2) is 22.7 Å². The molecule has 1 atom stereocenters. The van der Waals surface area contributed by atoms with Crippen molar-refractivity contribution in [3.63, 3.8) is 0 Å². The summed E-state index contributed by atoms with van der Waals surface area (Å²) in [5.74, 6) is -1.48. The molecule has 1 rings (SSSR count). The lowest BCUT2D eigenvalue weighted by molar-refractivity contribution is -0.117. The van der Waals surface area contributed by atoms with Gasteiger partial charge in [0.25, 0.3) is 0 Å². The number of Topliss-reactive ketones (excluding diaryl/α,β-unsaturated/α-hetero) is 1. The van der Waals surface area contributed by atoms with Crippen LogP contribution in [0.25, 0.3) is 0 Å². The predicted molar refractivity (Wildman–Crippen MR) is 53.1 cm³/mol. The van der Waals surface area contributed by atoms with Gasteiger partial charge in [0.15, 0.2) is 5.78 Å². The molecule has 1 aromatic carbocycles. The number of rotatable bonds is 2. The van der Waals surface area contributed by atoms with E-state index in [1.807, 2.05) is 6.07 Å². The second-order valence-corrected chi connectivity index (χ2v) is 3.69. The minimum atomic E-state index is -0.829. The Labute approximate surface area is 89.5 Å². The monoisotopic (exact) mass is 255 g/mol. The highest BCUT2D eigenvalue weighted by atomic mass is 79.9. The van der Waals surface area contributed by atoms with Gasteiger partial charge >= 0.3 is 0 Å². The highest BCUT2D eigenvalue weighted by Crippen LogP contribution is 2.26. The highest BCUT2D eigenvalue weighted by Gasteiger charge is 2.18. The number of hydrogen-bond acceptors (Lipinski definition) is 2. The fourth-order valence-electron chi connectivity index (χ4n) is 1.12. The lowest BCUT2D eigenvalue weighted by atomic mass is 9.97. The number of hydrogen-bond donors (Lipinski definition) is 0. The molecule has 0 radical (unpaired) electrons. The number of nitriles is 1. The summed E-state index contributed by atoms with van der Waals surface area (Å²) in [6.07, 6.45) is 0. The molecule has 0 amide bonds. The number of halogens is 2. The molecule has 0 aliphatic heterocycles. The molecule has 14 heavy (non-hydrogen) atoms. The van der Waals surface area contributed by atoms with Crippen molar-refractivity contribution in [2.75, 3.05) is 0 Å². The third kappa shape index (κ3) is 2.18.